The molecule has 0 radical (unpaired) electrons. The zero-order valence-electron chi connectivity index (χ0n) is 16.6. The van der Waals surface area contributed by atoms with Gasteiger partial charge in [-0.25, -0.2) is 4.68 Å². The van der Waals surface area contributed by atoms with Gasteiger partial charge in [0.1, 0.15) is 11.6 Å². The number of amides is 1. The Morgan fingerprint density at radius 3 is 2.71 bits per heavy atom. The molecule has 28 heavy (non-hydrogen) atoms. The van der Waals surface area contributed by atoms with E-state index >= 15 is 0 Å². The summed E-state index contributed by atoms with van der Waals surface area (Å²) >= 11 is 0. The van der Waals surface area contributed by atoms with E-state index in [4.69, 9.17) is 4.74 Å². The standard InChI is InChI=1S/C22H30N4O2/c1-17(27)24-22-9-12-23-26(22)19-10-13-25(14-11-19)16-18-5-4-8-21(15-18)28-20-6-2-3-7-20/h4-5,8-9,12,15,19-20H,2-3,6-7,10-11,13-14,16H2,1H3,(H,24,27). The van der Waals surface area contributed by atoms with Gasteiger partial charge in [-0.3, -0.25) is 9.69 Å². The van der Waals surface area contributed by atoms with Crippen molar-refractivity contribution in [3.8, 4) is 5.75 Å². The molecule has 0 atom stereocenters. The maximum absolute atomic E-state index is 11.4. The fourth-order valence-electron chi connectivity index (χ4n) is 4.38. The van der Waals surface area contributed by atoms with Gasteiger partial charge in [0.05, 0.1) is 18.3 Å². The van der Waals surface area contributed by atoms with Gasteiger partial charge in [0.25, 0.3) is 0 Å². The average Bonchev–Trinajstić information content (AvgIpc) is 3.34. The lowest BCUT2D eigenvalue weighted by Crippen LogP contribution is -2.34. The highest BCUT2D eigenvalue weighted by molar-refractivity contribution is 5.87. The number of carbonyl (C=O) groups is 1. The molecular formula is C22H30N4O2. The number of carbonyl (C=O) groups excluding carboxylic acids is 1. The second-order valence-corrected chi connectivity index (χ2v) is 8.02. The third kappa shape index (κ3) is 4.73. The van der Waals surface area contributed by atoms with Gasteiger partial charge in [0.15, 0.2) is 0 Å². The Labute approximate surface area is 166 Å². The second kappa shape index (κ2) is 8.78. The minimum atomic E-state index is -0.0566. The molecule has 0 unspecified atom stereocenters. The molecule has 1 aromatic carbocycles. The minimum Gasteiger partial charge on any atom is -0.490 e. The number of hydrogen-bond donors (Lipinski definition) is 1. The summed E-state index contributed by atoms with van der Waals surface area (Å²) in [6, 6.07) is 10.8. The average molecular weight is 383 g/mol. The molecule has 0 bridgehead atoms. The molecule has 2 aromatic rings. The lowest BCUT2D eigenvalue weighted by Gasteiger charge is -2.32. The highest BCUT2D eigenvalue weighted by Gasteiger charge is 2.23. The molecule has 1 saturated carbocycles. The zero-order valence-corrected chi connectivity index (χ0v) is 16.6. The third-order valence-electron chi connectivity index (χ3n) is 5.79. The Morgan fingerprint density at radius 2 is 1.96 bits per heavy atom. The van der Waals surface area contributed by atoms with Gasteiger partial charge in [-0.1, -0.05) is 12.1 Å². The van der Waals surface area contributed by atoms with Crippen molar-refractivity contribution in [1.29, 1.82) is 0 Å². The zero-order chi connectivity index (χ0) is 19.3. The van der Waals surface area contributed by atoms with Crippen molar-refractivity contribution in [2.45, 2.75) is 64.1 Å². The summed E-state index contributed by atoms with van der Waals surface area (Å²) in [5.41, 5.74) is 1.31. The van der Waals surface area contributed by atoms with Gasteiger partial charge >= 0.3 is 0 Å². The summed E-state index contributed by atoms with van der Waals surface area (Å²) in [5, 5.41) is 7.30. The van der Waals surface area contributed by atoms with Crippen LogP contribution in [0.15, 0.2) is 36.5 Å². The fourth-order valence-corrected chi connectivity index (χ4v) is 4.38. The molecule has 4 rings (SSSR count). The highest BCUT2D eigenvalue weighted by atomic mass is 16.5. The maximum atomic E-state index is 11.4. The van der Waals surface area contributed by atoms with Crippen molar-refractivity contribution in [2.24, 2.45) is 0 Å². The molecule has 1 N–H and O–H groups in total. The molecule has 6 nitrogen and oxygen atoms in total. The van der Waals surface area contributed by atoms with E-state index in [2.05, 4.69) is 39.6 Å². The number of piperidine rings is 1. The lowest BCUT2D eigenvalue weighted by atomic mass is 10.0. The number of aromatic nitrogens is 2. The molecule has 150 valence electrons. The normalized spacial score (nSPS) is 19.0. The molecule has 2 heterocycles. The Balaban J connectivity index is 1.31. The number of nitrogens with zero attached hydrogens (tertiary/aromatic N) is 3. The van der Waals surface area contributed by atoms with Gasteiger partial charge in [-0.05, 0) is 56.2 Å². The van der Waals surface area contributed by atoms with E-state index in [-0.39, 0.29) is 5.91 Å². The van der Waals surface area contributed by atoms with E-state index in [1.54, 1.807) is 6.20 Å². The van der Waals surface area contributed by atoms with Crippen LogP contribution in [0, 0.1) is 0 Å². The van der Waals surface area contributed by atoms with Crippen LogP contribution in [0.25, 0.3) is 0 Å². The summed E-state index contributed by atoms with van der Waals surface area (Å²) in [6.45, 7) is 4.53. The topological polar surface area (TPSA) is 59.4 Å². The third-order valence-corrected chi connectivity index (χ3v) is 5.79. The van der Waals surface area contributed by atoms with Crippen LogP contribution in [0.5, 0.6) is 5.75 Å². The second-order valence-electron chi connectivity index (χ2n) is 8.02. The first-order valence-corrected chi connectivity index (χ1v) is 10.5. The van der Waals surface area contributed by atoms with Crippen LogP contribution in [0.4, 0.5) is 5.82 Å². The Bertz CT molecular complexity index is 789. The monoisotopic (exact) mass is 382 g/mol. The molecule has 1 aliphatic heterocycles. The van der Waals surface area contributed by atoms with Crippen LogP contribution >= 0.6 is 0 Å². The summed E-state index contributed by atoms with van der Waals surface area (Å²) in [4.78, 5) is 13.9. The van der Waals surface area contributed by atoms with Crippen molar-refractivity contribution in [1.82, 2.24) is 14.7 Å². The number of hydrogen-bond acceptors (Lipinski definition) is 4. The first-order valence-electron chi connectivity index (χ1n) is 10.5. The van der Waals surface area contributed by atoms with E-state index in [1.807, 2.05) is 10.7 Å². The summed E-state index contributed by atoms with van der Waals surface area (Å²) in [6.07, 6.45) is 9.18. The Hall–Kier alpha value is -2.34. The van der Waals surface area contributed by atoms with Gasteiger partial charge in [-0.15, -0.1) is 0 Å². The predicted molar refractivity (Wildman–Crippen MR) is 109 cm³/mol. The van der Waals surface area contributed by atoms with Crippen LogP contribution in [0.1, 0.15) is 57.1 Å². The van der Waals surface area contributed by atoms with Crippen molar-refractivity contribution < 1.29 is 9.53 Å². The summed E-state index contributed by atoms with van der Waals surface area (Å²) in [5.74, 6) is 1.75. The molecule has 0 spiro atoms. The number of nitrogens with one attached hydrogen (secondary N) is 1. The highest BCUT2D eigenvalue weighted by Crippen LogP contribution is 2.28. The number of anilines is 1. The van der Waals surface area contributed by atoms with Gasteiger partial charge in [-0.2, -0.15) is 5.10 Å². The maximum Gasteiger partial charge on any atom is 0.222 e. The van der Waals surface area contributed by atoms with Crippen LogP contribution in [-0.4, -0.2) is 39.8 Å². The van der Waals surface area contributed by atoms with Crippen molar-refractivity contribution in [2.75, 3.05) is 18.4 Å². The molecule has 2 fully saturated rings. The van der Waals surface area contributed by atoms with E-state index in [1.165, 1.54) is 38.2 Å². The van der Waals surface area contributed by atoms with Gasteiger partial charge in [0.2, 0.25) is 5.91 Å². The smallest absolute Gasteiger partial charge is 0.222 e. The number of rotatable bonds is 6. The minimum absolute atomic E-state index is 0.0566. The fraction of sp³-hybridized carbons (Fsp3) is 0.545. The van der Waals surface area contributed by atoms with Crippen molar-refractivity contribution >= 4 is 11.7 Å². The number of benzene rings is 1. The van der Waals surface area contributed by atoms with Crippen LogP contribution in [0.2, 0.25) is 0 Å². The first kappa shape index (κ1) is 19.0. The lowest BCUT2D eigenvalue weighted by molar-refractivity contribution is -0.114. The van der Waals surface area contributed by atoms with Crippen LogP contribution in [0.3, 0.4) is 0 Å². The summed E-state index contributed by atoms with van der Waals surface area (Å²) in [7, 11) is 0. The largest absolute Gasteiger partial charge is 0.490 e. The quantitative estimate of drug-likeness (QED) is 0.820. The van der Waals surface area contributed by atoms with E-state index in [0.29, 0.717) is 12.1 Å². The Morgan fingerprint density at radius 1 is 1.18 bits per heavy atom. The van der Waals surface area contributed by atoms with Crippen molar-refractivity contribution in [3.05, 3.63) is 42.1 Å². The van der Waals surface area contributed by atoms with Crippen LogP contribution in [-0.2, 0) is 11.3 Å². The van der Waals surface area contributed by atoms with E-state index in [0.717, 1.165) is 44.0 Å². The van der Waals surface area contributed by atoms with E-state index < -0.39 is 0 Å². The molecule has 1 aliphatic carbocycles. The molecule has 1 saturated heterocycles. The first-order chi connectivity index (χ1) is 13.7. The van der Waals surface area contributed by atoms with Crippen LogP contribution < -0.4 is 10.1 Å². The molecular weight excluding hydrogens is 352 g/mol. The molecule has 2 aliphatic rings. The predicted octanol–water partition coefficient (Wildman–Crippen LogP) is 4.00. The van der Waals surface area contributed by atoms with Gasteiger partial charge < -0.3 is 10.1 Å². The number of likely N-dealkylation sites (tertiary alicyclic amines) is 1. The molecule has 1 amide bonds. The number of ether oxygens (including phenoxy) is 1. The molecule has 6 heteroatoms. The Kier molecular flexibility index (Phi) is 5.95. The SMILES string of the molecule is CC(=O)Nc1ccnn1C1CCN(Cc2cccc(OC3CCCC3)c2)CC1. The molecule has 1 aromatic heterocycles. The van der Waals surface area contributed by atoms with Gasteiger partial charge in [0, 0.05) is 32.6 Å². The van der Waals surface area contributed by atoms with E-state index in [9.17, 15) is 4.79 Å². The summed E-state index contributed by atoms with van der Waals surface area (Å²) < 4.78 is 8.12. The van der Waals surface area contributed by atoms with Crippen molar-refractivity contribution in [3.63, 3.8) is 0 Å².